The molecule has 0 aliphatic carbocycles. The topological polar surface area (TPSA) is 20.2 Å². The first-order chi connectivity index (χ1) is 4.42. The fourth-order valence-electron chi connectivity index (χ4n) is 0.645. The lowest BCUT2D eigenvalue weighted by atomic mass is 9.83. The molecule has 10 heavy (non-hydrogen) atoms. The van der Waals surface area contributed by atoms with Crippen LogP contribution in [0.1, 0.15) is 19.8 Å². The zero-order chi connectivity index (χ0) is 8.20. The Morgan fingerprint density at radius 1 is 1.40 bits per heavy atom. The van der Waals surface area contributed by atoms with Crippen molar-refractivity contribution in [3.05, 3.63) is 0 Å². The maximum absolute atomic E-state index is 11.5. The van der Waals surface area contributed by atoms with Gasteiger partial charge in [0.25, 0.3) is 0 Å². The quantitative estimate of drug-likeness (QED) is 0.615. The summed E-state index contributed by atoms with van der Waals surface area (Å²) >= 11 is 0. The minimum absolute atomic E-state index is 0.0428. The third-order valence-electron chi connectivity index (χ3n) is 1.15. The van der Waals surface area contributed by atoms with Gasteiger partial charge < -0.3 is 18.1 Å². The third kappa shape index (κ3) is 7.81. The number of halogens is 3. The molecule has 1 nitrogen and oxygen atoms in total. The van der Waals surface area contributed by atoms with Gasteiger partial charge in [-0.05, 0) is 13.3 Å². The van der Waals surface area contributed by atoms with Gasteiger partial charge in [0.15, 0.2) is 0 Å². The van der Waals surface area contributed by atoms with Gasteiger partial charge in [-0.3, -0.25) is 0 Å². The molecule has 0 saturated heterocycles. The first kappa shape index (κ1) is 9.81. The fourth-order valence-corrected chi connectivity index (χ4v) is 0.645. The predicted molar refractivity (Wildman–Crippen MR) is 34.8 cm³/mol. The number of rotatable bonds is 4. The highest BCUT2D eigenvalue weighted by Gasteiger charge is 2.21. The van der Waals surface area contributed by atoms with Gasteiger partial charge in [-0.15, -0.1) is 0 Å². The van der Waals surface area contributed by atoms with E-state index in [0.29, 0.717) is 0 Å². The van der Waals surface area contributed by atoms with E-state index in [1.807, 2.05) is 0 Å². The molecule has 0 aromatic heterocycles. The summed E-state index contributed by atoms with van der Waals surface area (Å²) in [7, 11) is 0. The van der Waals surface area contributed by atoms with E-state index in [0.717, 1.165) is 0 Å². The summed E-state index contributed by atoms with van der Waals surface area (Å²) < 4.78 is 34.5. The van der Waals surface area contributed by atoms with E-state index in [2.05, 4.69) is 0 Å². The van der Waals surface area contributed by atoms with Gasteiger partial charge in [0.2, 0.25) is 0 Å². The molecule has 0 aromatic carbocycles. The van der Waals surface area contributed by atoms with Crippen molar-refractivity contribution in [2.75, 3.05) is 0 Å². The maximum Gasteiger partial charge on any atom is 0.478 e. The smallest absolute Gasteiger partial charge is 0.449 e. The molecule has 0 aromatic rings. The second-order valence-electron chi connectivity index (χ2n) is 2.49. The van der Waals surface area contributed by atoms with E-state index in [4.69, 9.17) is 5.11 Å². The Labute approximate surface area is 58.3 Å². The molecule has 0 rings (SSSR count). The highest BCUT2D eigenvalue weighted by molar-refractivity contribution is 6.58. The molecule has 0 fully saturated rings. The van der Waals surface area contributed by atoms with Gasteiger partial charge in [0.1, 0.15) is 0 Å². The fraction of sp³-hybridized carbons (Fsp3) is 1.00. The normalized spacial score (nSPS) is 15.3. The second-order valence-corrected chi connectivity index (χ2v) is 2.49. The summed E-state index contributed by atoms with van der Waals surface area (Å²) in [6.45, 7) is -3.15. The van der Waals surface area contributed by atoms with Crippen molar-refractivity contribution in [1.29, 1.82) is 0 Å². The van der Waals surface area contributed by atoms with Crippen LogP contribution in [0.5, 0.6) is 0 Å². The molecule has 1 N–H and O–H groups in total. The average Bonchev–Trinajstić information content (AvgIpc) is 1.59. The second kappa shape index (κ2) is 3.86. The average molecular weight is 155 g/mol. The Hall–Kier alpha value is -0.185. The molecule has 0 aliphatic rings. The van der Waals surface area contributed by atoms with Crippen molar-refractivity contribution in [2.45, 2.75) is 32.2 Å². The molecule has 5 heteroatoms. The summed E-state index contributed by atoms with van der Waals surface area (Å²) in [4.78, 5) is 0. The van der Waals surface area contributed by atoms with Crippen LogP contribution in [0.2, 0.25) is 6.32 Å². The van der Waals surface area contributed by atoms with Crippen LogP contribution < -0.4 is 0 Å². The molecule has 0 aliphatic heterocycles. The van der Waals surface area contributed by atoms with Gasteiger partial charge in [-0.2, -0.15) is 0 Å². The van der Waals surface area contributed by atoms with Crippen LogP contribution in [0.3, 0.4) is 0 Å². The van der Waals surface area contributed by atoms with Crippen molar-refractivity contribution in [3.8, 4) is 0 Å². The van der Waals surface area contributed by atoms with Crippen LogP contribution in [-0.4, -0.2) is 18.2 Å². The molecule has 0 bridgehead atoms. The minimum Gasteiger partial charge on any atom is -0.449 e. The van der Waals surface area contributed by atoms with Gasteiger partial charge in [-0.1, -0.05) is 12.7 Å². The van der Waals surface area contributed by atoms with Gasteiger partial charge in [-0.25, -0.2) is 0 Å². The SMILES string of the molecule is CC(O)CCC[B-](F)(F)F. The third-order valence-corrected chi connectivity index (χ3v) is 1.15. The Morgan fingerprint density at radius 2 is 1.90 bits per heavy atom. The Bertz CT molecular complexity index is 91.4. The minimum atomic E-state index is -4.64. The summed E-state index contributed by atoms with van der Waals surface area (Å²) in [5.74, 6) is 0. The van der Waals surface area contributed by atoms with Gasteiger partial charge in [0, 0.05) is 0 Å². The summed E-state index contributed by atoms with van der Waals surface area (Å²) in [6.07, 6.45) is -1.06. The number of aliphatic hydroxyl groups excluding tert-OH is 1. The van der Waals surface area contributed by atoms with E-state index < -0.39 is 19.4 Å². The molecule has 0 amide bonds. The van der Waals surface area contributed by atoms with E-state index in [1.165, 1.54) is 6.92 Å². The van der Waals surface area contributed by atoms with Gasteiger partial charge >= 0.3 is 6.98 Å². The number of aliphatic hydroxyl groups is 1. The highest BCUT2D eigenvalue weighted by atomic mass is 19.4. The zero-order valence-electron chi connectivity index (χ0n) is 5.86. The van der Waals surface area contributed by atoms with Crippen LogP contribution in [-0.2, 0) is 0 Å². The van der Waals surface area contributed by atoms with Crippen LogP contribution in [0, 0.1) is 0 Å². The summed E-state index contributed by atoms with van der Waals surface area (Å²) in [5, 5.41) is 8.59. The van der Waals surface area contributed by atoms with Crippen LogP contribution >= 0.6 is 0 Å². The molecular weight excluding hydrogens is 144 g/mol. The monoisotopic (exact) mass is 155 g/mol. The lowest BCUT2D eigenvalue weighted by Crippen LogP contribution is -2.14. The summed E-state index contributed by atoms with van der Waals surface area (Å²) in [6, 6.07) is 0. The van der Waals surface area contributed by atoms with E-state index in [9.17, 15) is 12.9 Å². The lowest BCUT2D eigenvalue weighted by Gasteiger charge is -2.13. The van der Waals surface area contributed by atoms with Crippen LogP contribution in [0.4, 0.5) is 12.9 Å². The van der Waals surface area contributed by atoms with E-state index in [1.54, 1.807) is 0 Å². The highest BCUT2D eigenvalue weighted by Crippen LogP contribution is 2.18. The largest absolute Gasteiger partial charge is 0.478 e. The first-order valence-corrected chi connectivity index (χ1v) is 3.31. The molecule has 0 spiro atoms. The standard InChI is InChI=1S/C5H11BF3O/c1-5(10)3-2-4-6(7,8)9/h5,10H,2-4H2,1H3/q-1. The lowest BCUT2D eigenvalue weighted by molar-refractivity contribution is 0.182. The first-order valence-electron chi connectivity index (χ1n) is 3.31. The molecule has 0 saturated carbocycles. The van der Waals surface area contributed by atoms with Crippen molar-refractivity contribution in [2.24, 2.45) is 0 Å². The number of hydrogen-bond donors (Lipinski definition) is 1. The molecule has 1 atom stereocenters. The molecule has 0 radical (unpaired) electrons. The zero-order valence-corrected chi connectivity index (χ0v) is 5.86. The maximum atomic E-state index is 11.5. The van der Waals surface area contributed by atoms with Crippen LogP contribution in [0.25, 0.3) is 0 Å². The Balaban J connectivity index is 3.21. The number of hydrogen-bond acceptors (Lipinski definition) is 1. The van der Waals surface area contributed by atoms with Crippen LogP contribution in [0.15, 0.2) is 0 Å². The Kier molecular flexibility index (Phi) is 3.79. The molecule has 62 valence electrons. The van der Waals surface area contributed by atoms with Crippen molar-refractivity contribution in [3.63, 3.8) is 0 Å². The predicted octanol–water partition coefficient (Wildman–Crippen LogP) is 1.99. The summed E-state index contributed by atoms with van der Waals surface area (Å²) in [5.41, 5.74) is 0. The molecule has 0 heterocycles. The van der Waals surface area contributed by atoms with Crippen molar-refractivity contribution >= 4 is 6.98 Å². The van der Waals surface area contributed by atoms with Crippen molar-refractivity contribution in [1.82, 2.24) is 0 Å². The van der Waals surface area contributed by atoms with Crippen molar-refractivity contribution < 1.29 is 18.1 Å². The molecule has 1 unspecified atom stereocenters. The van der Waals surface area contributed by atoms with E-state index in [-0.39, 0.29) is 12.8 Å². The molecular formula is C5H11BF3O-. The van der Waals surface area contributed by atoms with Gasteiger partial charge in [0.05, 0.1) is 6.10 Å². The Morgan fingerprint density at radius 3 is 2.20 bits per heavy atom. The van der Waals surface area contributed by atoms with E-state index >= 15 is 0 Å².